The van der Waals surface area contributed by atoms with E-state index in [1.165, 1.54) is 0 Å². The molecule has 0 unspecified atom stereocenters. The average Bonchev–Trinajstić information content (AvgIpc) is 2.68. The monoisotopic (exact) mass is 340 g/mol. The van der Waals surface area contributed by atoms with E-state index in [1.54, 1.807) is 24.3 Å². The molecule has 2 N–H and O–H groups in total. The quantitative estimate of drug-likeness (QED) is 0.579. The molecule has 0 aliphatic carbocycles. The van der Waals surface area contributed by atoms with Crippen LogP contribution in [-0.4, -0.2) is 10.9 Å². The third kappa shape index (κ3) is 3.13. The molecule has 0 atom stereocenters. The number of H-pyrrole nitrogens is 1. The van der Waals surface area contributed by atoms with Crippen molar-refractivity contribution in [3.63, 3.8) is 0 Å². The molecule has 0 fully saturated rings. The van der Waals surface area contributed by atoms with Crippen LogP contribution >= 0.6 is 0 Å². The molecule has 0 bridgehead atoms. The molecule has 0 aliphatic heterocycles. The minimum Gasteiger partial charge on any atom is -0.322 e. The van der Waals surface area contributed by atoms with Crippen LogP contribution in [0.2, 0.25) is 0 Å². The SMILES string of the molecule is O=C(Nc1ccccc1)c1ccc(-c2ccc3ccccc3c2)[nH]c1=O. The van der Waals surface area contributed by atoms with Crippen molar-refractivity contribution in [3.05, 3.63) is 101 Å². The van der Waals surface area contributed by atoms with E-state index in [0.29, 0.717) is 11.4 Å². The fraction of sp³-hybridized carbons (Fsp3) is 0. The van der Waals surface area contributed by atoms with Gasteiger partial charge in [-0.3, -0.25) is 9.59 Å². The Morgan fingerprint density at radius 2 is 1.50 bits per heavy atom. The van der Waals surface area contributed by atoms with Crippen LogP contribution in [0.1, 0.15) is 10.4 Å². The number of aromatic nitrogens is 1. The number of pyridine rings is 1. The van der Waals surface area contributed by atoms with Gasteiger partial charge in [-0.2, -0.15) is 0 Å². The Morgan fingerprint density at radius 3 is 2.27 bits per heavy atom. The van der Waals surface area contributed by atoms with Crippen LogP contribution in [0.5, 0.6) is 0 Å². The summed E-state index contributed by atoms with van der Waals surface area (Å²) in [4.78, 5) is 27.5. The summed E-state index contributed by atoms with van der Waals surface area (Å²) in [5, 5.41) is 4.95. The minimum absolute atomic E-state index is 0.0818. The highest BCUT2D eigenvalue weighted by molar-refractivity contribution is 6.04. The molecular formula is C22H16N2O2. The third-order valence-electron chi connectivity index (χ3n) is 4.25. The number of benzene rings is 3. The van der Waals surface area contributed by atoms with Gasteiger partial charge in [-0.05, 0) is 46.7 Å². The lowest BCUT2D eigenvalue weighted by molar-refractivity contribution is 0.102. The van der Waals surface area contributed by atoms with Crippen molar-refractivity contribution in [3.8, 4) is 11.3 Å². The summed E-state index contributed by atoms with van der Waals surface area (Å²) in [5.41, 5.74) is 1.89. The molecule has 0 saturated heterocycles. The molecule has 1 aromatic heterocycles. The number of fused-ring (bicyclic) bond motifs is 1. The number of amides is 1. The van der Waals surface area contributed by atoms with Crippen LogP contribution in [-0.2, 0) is 0 Å². The number of para-hydroxylation sites is 1. The molecule has 4 rings (SSSR count). The summed E-state index contributed by atoms with van der Waals surface area (Å²) >= 11 is 0. The molecule has 0 saturated carbocycles. The first-order valence-corrected chi connectivity index (χ1v) is 8.29. The van der Waals surface area contributed by atoms with Crippen molar-refractivity contribution in [2.75, 3.05) is 5.32 Å². The second kappa shape index (κ2) is 6.69. The van der Waals surface area contributed by atoms with E-state index in [4.69, 9.17) is 0 Å². The van der Waals surface area contributed by atoms with Crippen molar-refractivity contribution in [2.24, 2.45) is 0 Å². The standard InChI is InChI=1S/C22H16N2O2/c25-21(23-18-8-2-1-3-9-18)19-12-13-20(24-22(19)26)17-11-10-15-6-4-5-7-16(15)14-17/h1-14H,(H,23,25)(H,24,26). The minimum atomic E-state index is -0.428. The van der Waals surface area contributed by atoms with Crippen LogP contribution in [0.15, 0.2) is 89.7 Å². The Kier molecular flexibility index (Phi) is 4.07. The summed E-state index contributed by atoms with van der Waals surface area (Å²) in [6, 6.07) is 26.4. The molecule has 26 heavy (non-hydrogen) atoms. The van der Waals surface area contributed by atoms with Gasteiger partial charge in [-0.15, -0.1) is 0 Å². The van der Waals surface area contributed by atoms with E-state index in [2.05, 4.69) is 10.3 Å². The van der Waals surface area contributed by atoms with Crippen molar-refractivity contribution < 1.29 is 4.79 Å². The van der Waals surface area contributed by atoms with E-state index in [0.717, 1.165) is 16.3 Å². The molecule has 0 spiro atoms. The highest BCUT2D eigenvalue weighted by atomic mass is 16.2. The molecule has 3 aromatic carbocycles. The lowest BCUT2D eigenvalue weighted by Gasteiger charge is -2.07. The second-order valence-corrected chi connectivity index (χ2v) is 6.00. The van der Waals surface area contributed by atoms with Gasteiger partial charge >= 0.3 is 0 Å². The largest absolute Gasteiger partial charge is 0.322 e. The van der Waals surface area contributed by atoms with Crippen molar-refractivity contribution >= 4 is 22.4 Å². The molecule has 126 valence electrons. The van der Waals surface area contributed by atoms with Gasteiger partial charge in [0, 0.05) is 11.4 Å². The first kappa shape index (κ1) is 15.8. The lowest BCUT2D eigenvalue weighted by Crippen LogP contribution is -2.23. The van der Waals surface area contributed by atoms with Gasteiger partial charge in [0.15, 0.2) is 0 Å². The normalized spacial score (nSPS) is 10.6. The topological polar surface area (TPSA) is 62.0 Å². The lowest BCUT2D eigenvalue weighted by atomic mass is 10.0. The number of carbonyl (C=O) groups is 1. The summed E-state index contributed by atoms with van der Waals surface area (Å²) in [5.74, 6) is -0.428. The van der Waals surface area contributed by atoms with Gasteiger partial charge in [0.25, 0.3) is 11.5 Å². The predicted molar refractivity (Wildman–Crippen MR) is 104 cm³/mol. The molecular weight excluding hydrogens is 324 g/mol. The molecule has 4 aromatic rings. The number of hydrogen-bond acceptors (Lipinski definition) is 2. The van der Waals surface area contributed by atoms with Gasteiger partial charge in [0.1, 0.15) is 5.56 Å². The van der Waals surface area contributed by atoms with Crippen molar-refractivity contribution in [1.29, 1.82) is 0 Å². The number of carbonyl (C=O) groups excluding carboxylic acids is 1. The van der Waals surface area contributed by atoms with Gasteiger partial charge in [0.05, 0.1) is 0 Å². The van der Waals surface area contributed by atoms with Gasteiger partial charge in [-0.1, -0.05) is 54.6 Å². The fourth-order valence-electron chi connectivity index (χ4n) is 2.90. The number of aromatic amines is 1. The molecule has 0 radical (unpaired) electrons. The van der Waals surface area contributed by atoms with Crippen LogP contribution in [0.4, 0.5) is 5.69 Å². The molecule has 0 aliphatic rings. The average molecular weight is 340 g/mol. The van der Waals surface area contributed by atoms with E-state index >= 15 is 0 Å². The number of anilines is 1. The van der Waals surface area contributed by atoms with Gasteiger partial charge < -0.3 is 10.3 Å². The van der Waals surface area contributed by atoms with E-state index in [1.807, 2.05) is 60.7 Å². The van der Waals surface area contributed by atoms with Crippen LogP contribution < -0.4 is 10.9 Å². The Bertz CT molecular complexity index is 1150. The summed E-state index contributed by atoms with van der Waals surface area (Å²) < 4.78 is 0. The van der Waals surface area contributed by atoms with Crippen molar-refractivity contribution in [2.45, 2.75) is 0 Å². The number of hydrogen-bond donors (Lipinski definition) is 2. The highest BCUT2D eigenvalue weighted by Gasteiger charge is 2.12. The molecule has 1 heterocycles. The van der Waals surface area contributed by atoms with E-state index in [9.17, 15) is 9.59 Å². The van der Waals surface area contributed by atoms with Crippen LogP contribution in [0, 0.1) is 0 Å². The summed E-state index contributed by atoms with van der Waals surface area (Å²) in [7, 11) is 0. The van der Waals surface area contributed by atoms with Gasteiger partial charge in [0.2, 0.25) is 0 Å². The van der Waals surface area contributed by atoms with E-state index < -0.39 is 11.5 Å². The Morgan fingerprint density at radius 1 is 0.769 bits per heavy atom. The van der Waals surface area contributed by atoms with Crippen molar-refractivity contribution in [1.82, 2.24) is 4.98 Å². The number of nitrogens with one attached hydrogen (secondary N) is 2. The third-order valence-corrected chi connectivity index (χ3v) is 4.25. The van der Waals surface area contributed by atoms with Crippen LogP contribution in [0.3, 0.4) is 0 Å². The molecule has 1 amide bonds. The zero-order valence-electron chi connectivity index (χ0n) is 13.9. The van der Waals surface area contributed by atoms with Gasteiger partial charge in [-0.25, -0.2) is 0 Å². The Labute approximate surface area is 150 Å². The smallest absolute Gasteiger partial charge is 0.261 e. The maximum absolute atomic E-state index is 12.4. The zero-order chi connectivity index (χ0) is 17.9. The number of rotatable bonds is 3. The zero-order valence-corrected chi connectivity index (χ0v) is 13.9. The molecule has 4 nitrogen and oxygen atoms in total. The fourth-order valence-corrected chi connectivity index (χ4v) is 2.90. The van der Waals surface area contributed by atoms with E-state index in [-0.39, 0.29) is 5.56 Å². The maximum Gasteiger partial charge on any atom is 0.261 e. The van der Waals surface area contributed by atoms with Crippen LogP contribution in [0.25, 0.3) is 22.0 Å². The Hall–Kier alpha value is -3.66. The summed E-state index contributed by atoms with van der Waals surface area (Å²) in [6.45, 7) is 0. The first-order valence-electron chi connectivity index (χ1n) is 8.29. The second-order valence-electron chi connectivity index (χ2n) is 6.00. The highest BCUT2D eigenvalue weighted by Crippen LogP contribution is 2.22. The maximum atomic E-state index is 12.4. The molecule has 4 heteroatoms. The first-order chi connectivity index (χ1) is 12.7. The summed E-state index contributed by atoms with van der Waals surface area (Å²) in [6.07, 6.45) is 0. The predicted octanol–water partition coefficient (Wildman–Crippen LogP) is 4.45. The Balaban J connectivity index is 1.64.